The van der Waals surface area contributed by atoms with Gasteiger partial charge in [-0.3, -0.25) is 0 Å². The van der Waals surface area contributed by atoms with E-state index in [9.17, 15) is 5.11 Å². The van der Waals surface area contributed by atoms with Crippen LogP contribution < -0.4 is 10.6 Å². The van der Waals surface area contributed by atoms with Crippen molar-refractivity contribution in [1.29, 1.82) is 5.26 Å². The molecule has 1 aromatic rings. The second-order valence-corrected chi connectivity index (χ2v) is 5.17. The molecule has 2 rings (SSSR count). The lowest BCUT2D eigenvalue weighted by Crippen LogP contribution is -2.33. The van der Waals surface area contributed by atoms with Crippen LogP contribution in [0.3, 0.4) is 0 Å². The second-order valence-electron chi connectivity index (χ2n) is 5.17. The molecule has 6 nitrogen and oxygen atoms in total. The summed E-state index contributed by atoms with van der Waals surface area (Å²) in [5, 5.41) is 18.8. The van der Waals surface area contributed by atoms with Crippen molar-refractivity contribution >= 4 is 11.8 Å². The van der Waals surface area contributed by atoms with Crippen LogP contribution in [0.4, 0.5) is 11.8 Å². The molecule has 1 unspecified atom stereocenters. The van der Waals surface area contributed by atoms with E-state index in [-0.39, 0.29) is 17.3 Å². The van der Waals surface area contributed by atoms with E-state index in [1.54, 1.807) is 0 Å². The first-order valence-electron chi connectivity index (χ1n) is 5.91. The van der Waals surface area contributed by atoms with Crippen molar-refractivity contribution in [3.63, 3.8) is 0 Å². The Bertz CT molecular complexity index is 488. The molecule has 3 N–H and O–H groups in total. The highest BCUT2D eigenvalue weighted by molar-refractivity contribution is 5.50. The van der Waals surface area contributed by atoms with Crippen LogP contribution in [0.5, 0.6) is 0 Å². The summed E-state index contributed by atoms with van der Waals surface area (Å²) in [6.45, 7) is 5.12. The Hall–Kier alpha value is -1.87. The predicted molar refractivity (Wildman–Crippen MR) is 67.8 cm³/mol. The highest BCUT2D eigenvalue weighted by Crippen LogP contribution is 2.29. The molecule has 1 atom stereocenters. The Morgan fingerprint density at radius 2 is 2.33 bits per heavy atom. The maximum atomic E-state index is 9.98. The van der Waals surface area contributed by atoms with Crippen molar-refractivity contribution in [1.82, 2.24) is 9.97 Å². The highest BCUT2D eigenvalue weighted by atomic mass is 16.3. The zero-order valence-corrected chi connectivity index (χ0v) is 10.6. The first-order valence-corrected chi connectivity index (χ1v) is 5.91. The first-order chi connectivity index (χ1) is 8.41. The lowest BCUT2D eigenvalue weighted by atomic mass is 9.91. The van der Waals surface area contributed by atoms with Crippen molar-refractivity contribution in [2.45, 2.75) is 25.9 Å². The van der Waals surface area contributed by atoms with Gasteiger partial charge in [0.25, 0.3) is 0 Å². The van der Waals surface area contributed by atoms with Gasteiger partial charge in [0.1, 0.15) is 17.5 Å². The monoisotopic (exact) mass is 247 g/mol. The van der Waals surface area contributed by atoms with Gasteiger partial charge in [0.15, 0.2) is 0 Å². The van der Waals surface area contributed by atoms with E-state index in [0.29, 0.717) is 12.5 Å². The Morgan fingerprint density at radius 1 is 1.61 bits per heavy atom. The molecule has 0 aliphatic carbocycles. The number of nitrogens with zero attached hydrogens (tertiary/aromatic N) is 4. The summed E-state index contributed by atoms with van der Waals surface area (Å²) in [4.78, 5) is 10.3. The molecule has 2 heterocycles. The topological polar surface area (TPSA) is 99.1 Å². The Balaban J connectivity index is 2.15. The van der Waals surface area contributed by atoms with Crippen LogP contribution in [0.25, 0.3) is 0 Å². The van der Waals surface area contributed by atoms with Crippen molar-refractivity contribution in [3.8, 4) is 6.07 Å². The molecule has 96 valence electrons. The van der Waals surface area contributed by atoms with Gasteiger partial charge in [-0.05, 0) is 20.3 Å². The zero-order valence-electron chi connectivity index (χ0n) is 10.6. The fourth-order valence-electron chi connectivity index (χ4n) is 2.14. The van der Waals surface area contributed by atoms with Gasteiger partial charge in [0.05, 0.1) is 11.8 Å². The Kier molecular flexibility index (Phi) is 3.09. The Morgan fingerprint density at radius 3 is 2.83 bits per heavy atom. The van der Waals surface area contributed by atoms with Crippen LogP contribution in [-0.2, 0) is 0 Å². The van der Waals surface area contributed by atoms with Crippen LogP contribution in [0.2, 0.25) is 0 Å². The molecule has 0 bridgehead atoms. The Labute approximate surface area is 106 Å². The zero-order chi connectivity index (χ0) is 13.3. The summed E-state index contributed by atoms with van der Waals surface area (Å²) in [5.41, 5.74) is 5.26. The lowest BCUT2D eigenvalue weighted by molar-refractivity contribution is 0.0263. The third-order valence-electron chi connectivity index (χ3n) is 3.40. The average molecular weight is 247 g/mol. The van der Waals surface area contributed by atoms with Crippen molar-refractivity contribution in [3.05, 3.63) is 11.8 Å². The molecule has 1 aliphatic rings. The maximum absolute atomic E-state index is 9.98. The molecule has 6 heteroatoms. The third kappa shape index (κ3) is 2.36. The normalized spacial score (nSPS) is 19.9. The van der Waals surface area contributed by atoms with Gasteiger partial charge in [-0.1, -0.05) is 0 Å². The molecule has 1 aromatic heterocycles. The number of hydrogen-bond acceptors (Lipinski definition) is 6. The summed E-state index contributed by atoms with van der Waals surface area (Å²) in [6.07, 6.45) is 2.34. The molecule has 1 fully saturated rings. The molecule has 0 aromatic carbocycles. The fourth-order valence-corrected chi connectivity index (χ4v) is 2.14. The van der Waals surface area contributed by atoms with Gasteiger partial charge in [-0.25, -0.2) is 4.98 Å². The van der Waals surface area contributed by atoms with Crippen LogP contribution in [0.15, 0.2) is 6.20 Å². The molecule has 1 aliphatic heterocycles. The quantitative estimate of drug-likeness (QED) is 0.790. The summed E-state index contributed by atoms with van der Waals surface area (Å²) in [5.74, 6) is 0.922. The number of nitrogen functional groups attached to an aromatic ring is 1. The molecule has 0 amide bonds. The number of aromatic nitrogens is 2. The van der Waals surface area contributed by atoms with Gasteiger partial charge in [0, 0.05) is 19.0 Å². The van der Waals surface area contributed by atoms with E-state index >= 15 is 0 Å². The van der Waals surface area contributed by atoms with E-state index in [1.165, 1.54) is 6.20 Å². The largest absolute Gasteiger partial charge is 0.390 e. The average Bonchev–Trinajstić information content (AvgIpc) is 2.77. The summed E-state index contributed by atoms with van der Waals surface area (Å²) in [7, 11) is 0. The van der Waals surface area contributed by atoms with E-state index in [0.717, 1.165) is 13.0 Å². The number of nitrogens with two attached hydrogens (primary N) is 1. The number of aliphatic hydroxyl groups is 1. The van der Waals surface area contributed by atoms with E-state index in [4.69, 9.17) is 11.0 Å². The van der Waals surface area contributed by atoms with Gasteiger partial charge < -0.3 is 15.7 Å². The number of anilines is 2. The molecule has 1 saturated heterocycles. The molecule has 0 spiro atoms. The van der Waals surface area contributed by atoms with E-state index in [1.807, 2.05) is 24.8 Å². The van der Waals surface area contributed by atoms with Crippen LogP contribution in [0.1, 0.15) is 25.8 Å². The minimum Gasteiger partial charge on any atom is -0.390 e. The molecule has 18 heavy (non-hydrogen) atoms. The summed E-state index contributed by atoms with van der Waals surface area (Å²) < 4.78 is 0. The number of rotatable bonds is 2. The number of nitriles is 1. The minimum atomic E-state index is -0.701. The van der Waals surface area contributed by atoms with Crippen LogP contribution in [-0.4, -0.2) is 33.8 Å². The van der Waals surface area contributed by atoms with E-state index < -0.39 is 5.60 Å². The smallest absolute Gasteiger partial charge is 0.227 e. The minimum absolute atomic E-state index is 0.193. The first kappa shape index (κ1) is 12.6. The van der Waals surface area contributed by atoms with Crippen molar-refractivity contribution < 1.29 is 5.11 Å². The van der Waals surface area contributed by atoms with Crippen molar-refractivity contribution in [2.75, 3.05) is 23.7 Å². The second kappa shape index (κ2) is 4.42. The number of hydrogen-bond donors (Lipinski definition) is 2. The van der Waals surface area contributed by atoms with Crippen molar-refractivity contribution in [2.24, 2.45) is 5.92 Å². The predicted octanol–water partition coefficient (Wildman–Crippen LogP) is 0.528. The van der Waals surface area contributed by atoms with Gasteiger partial charge >= 0.3 is 0 Å². The summed E-state index contributed by atoms with van der Waals surface area (Å²) >= 11 is 0. The standard InChI is InChI=1S/C12H17N5O/c1-12(2,18)9-3-4-17(7-9)11-15-6-8(5-13)10(14)16-11/h6,9,18H,3-4,7H2,1-2H3,(H2,14,15,16). The highest BCUT2D eigenvalue weighted by Gasteiger charge is 2.34. The van der Waals surface area contributed by atoms with Gasteiger partial charge in [-0.2, -0.15) is 10.2 Å². The summed E-state index contributed by atoms with van der Waals surface area (Å²) in [6, 6.07) is 1.94. The maximum Gasteiger partial charge on any atom is 0.227 e. The fraction of sp³-hybridized carbons (Fsp3) is 0.583. The van der Waals surface area contributed by atoms with Crippen LogP contribution >= 0.6 is 0 Å². The molecular formula is C12H17N5O. The third-order valence-corrected chi connectivity index (χ3v) is 3.40. The SMILES string of the molecule is CC(C)(O)C1CCN(c2ncc(C#N)c(N)n2)C1. The molecular weight excluding hydrogens is 230 g/mol. The molecule has 0 saturated carbocycles. The van der Waals surface area contributed by atoms with E-state index in [2.05, 4.69) is 9.97 Å². The van der Waals surface area contributed by atoms with Gasteiger partial charge in [-0.15, -0.1) is 0 Å². The van der Waals surface area contributed by atoms with Gasteiger partial charge in [0.2, 0.25) is 5.95 Å². The van der Waals surface area contributed by atoms with Crippen LogP contribution in [0, 0.1) is 17.2 Å². The lowest BCUT2D eigenvalue weighted by Gasteiger charge is -2.25. The molecule has 0 radical (unpaired) electrons.